The van der Waals surface area contributed by atoms with Crippen LogP contribution in [0.5, 0.6) is 0 Å². The molecule has 0 spiro atoms. The fraction of sp³-hybridized carbons (Fsp3) is 0.364. The number of likely N-dealkylation sites (N-methyl/N-ethyl adjacent to an activating group) is 1. The zero-order valence-electron chi connectivity index (χ0n) is 9.31. The van der Waals surface area contributed by atoms with Gasteiger partial charge in [0.15, 0.2) is 0 Å². The Morgan fingerprint density at radius 3 is 2.94 bits per heavy atom. The van der Waals surface area contributed by atoms with Crippen molar-refractivity contribution < 1.29 is 9.59 Å². The number of nitrogens with one attached hydrogen (secondary N) is 1. The van der Waals surface area contributed by atoms with Crippen molar-refractivity contribution >= 4 is 23.4 Å². The Balaban J connectivity index is 1.98. The average molecular weight is 254 g/mol. The fourth-order valence-electron chi connectivity index (χ4n) is 1.70. The molecule has 2 amide bonds. The van der Waals surface area contributed by atoms with Gasteiger partial charge in [-0.3, -0.25) is 19.5 Å². The van der Waals surface area contributed by atoms with Gasteiger partial charge in [-0.15, -0.1) is 0 Å². The van der Waals surface area contributed by atoms with Crippen molar-refractivity contribution in [3.05, 3.63) is 29.0 Å². The lowest BCUT2D eigenvalue weighted by Gasteiger charge is -2.11. The van der Waals surface area contributed by atoms with E-state index in [4.69, 9.17) is 11.6 Å². The molecule has 1 unspecified atom stereocenters. The van der Waals surface area contributed by atoms with Crippen LogP contribution >= 0.6 is 11.6 Å². The predicted molar refractivity (Wildman–Crippen MR) is 62.3 cm³/mol. The Bertz CT molecular complexity index is 464. The van der Waals surface area contributed by atoms with E-state index >= 15 is 0 Å². The minimum Gasteiger partial charge on any atom is -0.301 e. The first kappa shape index (κ1) is 12.0. The van der Waals surface area contributed by atoms with Crippen molar-refractivity contribution in [1.29, 1.82) is 0 Å². The quantitative estimate of drug-likeness (QED) is 0.801. The first-order valence-electron chi connectivity index (χ1n) is 5.21. The number of imide groups is 1. The van der Waals surface area contributed by atoms with Gasteiger partial charge in [0.25, 0.3) is 0 Å². The maximum Gasteiger partial charge on any atom is 0.246 e. The highest BCUT2D eigenvalue weighted by Gasteiger charge is 2.35. The van der Waals surface area contributed by atoms with Crippen LogP contribution in [0.1, 0.15) is 12.0 Å². The monoisotopic (exact) mass is 253 g/mol. The number of amides is 2. The first-order valence-corrected chi connectivity index (χ1v) is 5.59. The van der Waals surface area contributed by atoms with Crippen molar-refractivity contribution in [3.8, 4) is 0 Å². The van der Waals surface area contributed by atoms with Crippen molar-refractivity contribution in [1.82, 2.24) is 15.2 Å². The van der Waals surface area contributed by atoms with E-state index in [0.717, 1.165) is 10.5 Å². The molecular formula is C11H12ClN3O2. The summed E-state index contributed by atoms with van der Waals surface area (Å²) in [5.41, 5.74) is 0.858. The number of carbonyl (C=O) groups is 2. The summed E-state index contributed by atoms with van der Waals surface area (Å²) in [6, 6.07) is 1.33. The molecule has 2 heterocycles. The Labute approximate surface area is 104 Å². The maximum atomic E-state index is 11.6. The molecule has 17 heavy (non-hydrogen) atoms. The lowest BCUT2D eigenvalue weighted by molar-refractivity contribution is -0.137. The number of likely N-dealkylation sites (tertiary alicyclic amines) is 1. The summed E-state index contributed by atoms with van der Waals surface area (Å²) in [5, 5.41) is 3.57. The fourth-order valence-corrected chi connectivity index (χ4v) is 1.88. The number of aromatic nitrogens is 1. The van der Waals surface area contributed by atoms with Gasteiger partial charge in [0.2, 0.25) is 11.8 Å². The van der Waals surface area contributed by atoms with Crippen molar-refractivity contribution in [2.75, 3.05) is 7.05 Å². The van der Waals surface area contributed by atoms with Crippen molar-refractivity contribution in [3.63, 3.8) is 0 Å². The Morgan fingerprint density at radius 1 is 1.59 bits per heavy atom. The van der Waals surface area contributed by atoms with E-state index in [1.54, 1.807) is 18.5 Å². The number of hydrogen-bond acceptors (Lipinski definition) is 4. The summed E-state index contributed by atoms with van der Waals surface area (Å²) >= 11 is 5.94. The summed E-state index contributed by atoms with van der Waals surface area (Å²) in [7, 11) is 1.49. The third-order valence-electron chi connectivity index (χ3n) is 2.78. The minimum atomic E-state index is -0.447. The second-order valence-electron chi connectivity index (χ2n) is 3.90. The van der Waals surface area contributed by atoms with Crippen molar-refractivity contribution in [2.24, 2.45) is 0 Å². The molecule has 2 rings (SSSR count). The summed E-state index contributed by atoms with van der Waals surface area (Å²) in [6.45, 7) is 0.443. The van der Waals surface area contributed by atoms with E-state index in [2.05, 4.69) is 10.3 Å². The van der Waals surface area contributed by atoms with Crippen LogP contribution in [-0.4, -0.2) is 34.8 Å². The van der Waals surface area contributed by atoms with Gasteiger partial charge in [-0.2, -0.15) is 0 Å². The normalized spacial score (nSPS) is 20.1. The number of nitrogens with zero attached hydrogens (tertiary/aromatic N) is 2. The van der Waals surface area contributed by atoms with Gasteiger partial charge in [-0.1, -0.05) is 11.6 Å². The van der Waals surface area contributed by atoms with Crippen LogP contribution < -0.4 is 5.32 Å². The molecule has 1 fully saturated rings. The lowest BCUT2D eigenvalue weighted by Crippen LogP contribution is -2.36. The molecule has 1 aliphatic rings. The number of carbonyl (C=O) groups excluding carboxylic acids is 2. The molecule has 1 aliphatic heterocycles. The molecule has 0 aliphatic carbocycles. The summed E-state index contributed by atoms with van der Waals surface area (Å²) in [5.74, 6) is -0.353. The molecule has 5 nitrogen and oxygen atoms in total. The number of rotatable bonds is 3. The predicted octanol–water partition coefficient (Wildman–Crippen LogP) is 0.582. The molecule has 1 aromatic heterocycles. The second kappa shape index (κ2) is 4.81. The van der Waals surface area contributed by atoms with Crippen LogP contribution in [0.25, 0.3) is 0 Å². The van der Waals surface area contributed by atoms with Crippen LogP contribution in [0.15, 0.2) is 18.5 Å². The highest BCUT2D eigenvalue weighted by molar-refractivity contribution is 6.31. The minimum absolute atomic E-state index is 0.159. The Morgan fingerprint density at radius 2 is 2.35 bits per heavy atom. The van der Waals surface area contributed by atoms with Gasteiger partial charge in [0.1, 0.15) is 0 Å². The molecule has 0 aromatic carbocycles. The Hall–Kier alpha value is -1.46. The van der Waals surface area contributed by atoms with Gasteiger partial charge in [0, 0.05) is 26.0 Å². The molecule has 6 heteroatoms. The summed E-state index contributed by atoms with van der Waals surface area (Å²) in [6.07, 6.45) is 3.39. The van der Waals surface area contributed by atoms with E-state index in [1.807, 2.05) is 0 Å². The van der Waals surface area contributed by atoms with Gasteiger partial charge < -0.3 is 5.32 Å². The van der Waals surface area contributed by atoms with Crippen LogP contribution in [0.2, 0.25) is 5.02 Å². The molecule has 90 valence electrons. The molecule has 1 aromatic rings. The third-order valence-corrected chi connectivity index (χ3v) is 3.12. The molecule has 1 N–H and O–H groups in total. The first-order chi connectivity index (χ1) is 8.09. The molecule has 0 radical (unpaired) electrons. The zero-order chi connectivity index (χ0) is 12.4. The third kappa shape index (κ3) is 2.45. The SMILES string of the molecule is CN1C(=O)CC(NCc2ccncc2Cl)C1=O. The Kier molecular flexibility index (Phi) is 3.40. The summed E-state index contributed by atoms with van der Waals surface area (Å²) < 4.78 is 0. The zero-order valence-corrected chi connectivity index (χ0v) is 10.1. The highest BCUT2D eigenvalue weighted by atomic mass is 35.5. The average Bonchev–Trinajstić information content (AvgIpc) is 2.56. The standard InChI is InChI=1S/C11H12ClN3O2/c1-15-10(16)4-9(11(15)17)14-5-7-2-3-13-6-8(7)12/h2-3,6,9,14H,4-5H2,1H3. The van der Waals surface area contributed by atoms with E-state index in [1.165, 1.54) is 7.05 Å². The van der Waals surface area contributed by atoms with Crippen LogP contribution in [-0.2, 0) is 16.1 Å². The van der Waals surface area contributed by atoms with Crippen molar-refractivity contribution in [2.45, 2.75) is 19.0 Å². The van der Waals surface area contributed by atoms with Crippen LogP contribution in [0.3, 0.4) is 0 Å². The molecule has 0 bridgehead atoms. The smallest absolute Gasteiger partial charge is 0.246 e. The van der Waals surface area contributed by atoms with Gasteiger partial charge >= 0.3 is 0 Å². The lowest BCUT2D eigenvalue weighted by atomic mass is 10.2. The van der Waals surface area contributed by atoms with E-state index in [-0.39, 0.29) is 18.2 Å². The van der Waals surface area contributed by atoms with Gasteiger partial charge in [-0.05, 0) is 11.6 Å². The maximum absolute atomic E-state index is 11.6. The van der Waals surface area contributed by atoms with E-state index in [0.29, 0.717) is 11.6 Å². The number of pyridine rings is 1. The van der Waals surface area contributed by atoms with Gasteiger partial charge in [-0.25, -0.2) is 0 Å². The summed E-state index contributed by atoms with van der Waals surface area (Å²) in [4.78, 5) is 27.9. The molecule has 0 saturated carbocycles. The van der Waals surface area contributed by atoms with Gasteiger partial charge in [0.05, 0.1) is 17.5 Å². The highest BCUT2D eigenvalue weighted by Crippen LogP contribution is 2.15. The van der Waals surface area contributed by atoms with Crippen LogP contribution in [0, 0.1) is 0 Å². The molecule has 1 saturated heterocycles. The van der Waals surface area contributed by atoms with E-state index in [9.17, 15) is 9.59 Å². The van der Waals surface area contributed by atoms with E-state index < -0.39 is 6.04 Å². The molecular weight excluding hydrogens is 242 g/mol. The second-order valence-corrected chi connectivity index (χ2v) is 4.30. The topological polar surface area (TPSA) is 62.3 Å². The number of hydrogen-bond donors (Lipinski definition) is 1. The molecule has 1 atom stereocenters. The van der Waals surface area contributed by atoms with Crippen LogP contribution in [0.4, 0.5) is 0 Å². The number of halogens is 1. The largest absolute Gasteiger partial charge is 0.301 e.